The van der Waals surface area contributed by atoms with Crippen molar-refractivity contribution in [3.05, 3.63) is 48.5 Å². The monoisotopic (exact) mass is 386 g/mol. The molecule has 2 rings (SSSR count). The minimum absolute atomic E-state index is 0. The van der Waals surface area contributed by atoms with E-state index in [9.17, 15) is 8.42 Å². The molecule has 0 aliphatic rings. The summed E-state index contributed by atoms with van der Waals surface area (Å²) in [6.45, 7) is 3.71. The molecule has 0 atom stereocenters. The molecule has 0 fully saturated rings. The SMILES string of the molecule is CCNCCNS(=O)(=O)c1ccc(Oc2ccc(OC)cc2)cc1.Cl. The quantitative estimate of drug-likeness (QED) is 0.648. The molecule has 2 N–H and O–H groups in total. The van der Waals surface area contributed by atoms with Crippen LogP contribution < -0.4 is 19.5 Å². The van der Waals surface area contributed by atoms with Crippen molar-refractivity contribution in [3.8, 4) is 17.2 Å². The van der Waals surface area contributed by atoms with E-state index in [1.54, 1.807) is 43.5 Å². The maximum atomic E-state index is 12.1. The van der Waals surface area contributed by atoms with Crippen LogP contribution in [0.15, 0.2) is 53.4 Å². The topological polar surface area (TPSA) is 76.7 Å². The number of rotatable bonds is 9. The van der Waals surface area contributed by atoms with Gasteiger partial charge in [0.25, 0.3) is 0 Å². The number of nitrogens with one attached hydrogen (secondary N) is 2. The molecule has 0 bridgehead atoms. The van der Waals surface area contributed by atoms with Crippen molar-refractivity contribution in [2.24, 2.45) is 0 Å². The third kappa shape index (κ3) is 6.55. The fourth-order valence-electron chi connectivity index (χ4n) is 2.00. The molecule has 25 heavy (non-hydrogen) atoms. The molecule has 0 aliphatic carbocycles. The molecule has 0 spiro atoms. The van der Waals surface area contributed by atoms with Crippen LogP contribution in [0, 0.1) is 0 Å². The highest BCUT2D eigenvalue weighted by Crippen LogP contribution is 2.24. The van der Waals surface area contributed by atoms with Crippen LogP contribution in [0.5, 0.6) is 17.2 Å². The number of likely N-dealkylation sites (N-methyl/N-ethyl adjacent to an activating group) is 1. The Morgan fingerprint density at radius 1 is 0.880 bits per heavy atom. The lowest BCUT2D eigenvalue weighted by molar-refractivity contribution is 0.413. The highest BCUT2D eigenvalue weighted by atomic mass is 35.5. The van der Waals surface area contributed by atoms with Gasteiger partial charge in [-0.25, -0.2) is 13.1 Å². The molecule has 0 saturated heterocycles. The average molecular weight is 387 g/mol. The number of sulfonamides is 1. The molecule has 6 nitrogen and oxygen atoms in total. The summed E-state index contributed by atoms with van der Waals surface area (Å²) < 4.78 is 37.6. The maximum Gasteiger partial charge on any atom is 0.240 e. The van der Waals surface area contributed by atoms with Crippen LogP contribution >= 0.6 is 12.4 Å². The number of methoxy groups -OCH3 is 1. The lowest BCUT2D eigenvalue weighted by atomic mass is 10.3. The first-order valence-electron chi connectivity index (χ1n) is 7.67. The van der Waals surface area contributed by atoms with Crippen molar-refractivity contribution in [1.82, 2.24) is 10.0 Å². The van der Waals surface area contributed by atoms with E-state index in [4.69, 9.17) is 9.47 Å². The van der Waals surface area contributed by atoms with Gasteiger partial charge in [0, 0.05) is 13.1 Å². The van der Waals surface area contributed by atoms with E-state index in [0.717, 1.165) is 12.3 Å². The minimum Gasteiger partial charge on any atom is -0.497 e. The van der Waals surface area contributed by atoms with Crippen LogP contribution in [-0.4, -0.2) is 35.2 Å². The molecule has 0 radical (unpaired) electrons. The first kappa shape index (κ1) is 21.2. The van der Waals surface area contributed by atoms with E-state index < -0.39 is 10.0 Å². The molecule has 0 saturated carbocycles. The first-order valence-corrected chi connectivity index (χ1v) is 9.16. The van der Waals surface area contributed by atoms with Gasteiger partial charge in [0.05, 0.1) is 12.0 Å². The lowest BCUT2D eigenvalue weighted by Crippen LogP contribution is -2.31. The van der Waals surface area contributed by atoms with E-state index >= 15 is 0 Å². The highest BCUT2D eigenvalue weighted by molar-refractivity contribution is 7.89. The molecule has 2 aromatic carbocycles. The van der Waals surface area contributed by atoms with Gasteiger partial charge >= 0.3 is 0 Å². The van der Waals surface area contributed by atoms with Crippen molar-refractivity contribution in [1.29, 1.82) is 0 Å². The summed E-state index contributed by atoms with van der Waals surface area (Å²) in [5, 5.41) is 3.06. The fraction of sp³-hybridized carbons (Fsp3) is 0.294. The summed E-state index contributed by atoms with van der Waals surface area (Å²) in [5.41, 5.74) is 0. The summed E-state index contributed by atoms with van der Waals surface area (Å²) in [7, 11) is -1.90. The Bertz CT molecular complexity index is 734. The lowest BCUT2D eigenvalue weighted by Gasteiger charge is -2.09. The molecular formula is C17H23ClN2O4S. The second-order valence-electron chi connectivity index (χ2n) is 5.00. The van der Waals surface area contributed by atoms with Gasteiger partial charge in [-0.3, -0.25) is 0 Å². The Hall–Kier alpha value is -1.80. The van der Waals surface area contributed by atoms with Crippen molar-refractivity contribution in [3.63, 3.8) is 0 Å². The van der Waals surface area contributed by atoms with Gasteiger partial charge in [-0.05, 0) is 55.1 Å². The van der Waals surface area contributed by atoms with Crippen molar-refractivity contribution < 1.29 is 17.9 Å². The van der Waals surface area contributed by atoms with Crippen molar-refractivity contribution in [2.45, 2.75) is 11.8 Å². The van der Waals surface area contributed by atoms with E-state index in [2.05, 4.69) is 10.0 Å². The van der Waals surface area contributed by atoms with Gasteiger partial charge in [-0.1, -0.05) is 6.92 Å². The number of ether oxygens (including phenoxy) is 2. The zero-order chi connectivity index (χ0) is 17.4. The van der Waals surface area contributed by atoms with Gasteiger partial charge < -0.3 is 14.8 Å². The van der Waals surface area contributed by atoms with Crippen LogP contribution in [0.2, 0.25) is 0 Å². The highest BCUT2D eigenvalue weighted by Gasteiger charge is 2.13. The second kappa shape index (κ2) is 10.2. The van der Waals surface area contributed by atoms with Crippen molar-refractivity contribution in [2.75, 3.05) is 26.7 Å². The van der Waals surface area contributed by atoms with Crippen LogP contribution in [0.1, 0.15) is 6.92 Å². The number of hydrogen-bond acceptors (Lipinski definition) is 5. The standard InChI is InChI=1S/C17H22N2O4S.ClH/c1-3-18-12-13-19-24(20,21)17-10-8-16(9-11-17)23-15-6-4-14(22-2)5-7-15;/h4-11,18-19H,3,12-13H2,1-2H3;1H. The van der Waals surface area contributed by atoms with Gasteiger partial charge in [0.15, 0.2) is 0 Å². The minimum atomic E-state index is -3.50. The number of benzene rings is 2. The smallest absolute Gasteiger partial charge is 0.240 e. The first-order chi connectivity index (χ1) is 11.5. The predicted octanol–water partition coefficient (Wildman–Crippen LogP) is 2.80. The maximum absolute atomic E-state index is 12.1. The largest absolute Gasteiger partial charge is 0.497 e. The van der Waals surface area contributed by atoms with E-state index in [1.165, 1.54) is 12.1 Å². The molecular weight excluding hydrogens is 364 g/mol. The Morgan fingerprint density at radius 2 is 1.40 bits per heavy atom. The third-order valence-electron chi connectivity index (χ3n) is 3.27. The average Bonchev–Trinajstić information content (AvgIpc) is 2.60. The Balaban J connectivity index is 0.00000312. The Kier molecular flexibility index (Phi) is 8.71. The summed E-state index contributed by atoms with van der Waals surface area (Å²) in [6, 6.07) is 13.5. The molecule has 2 aromatic rings. The van der Waals surface area contributed by atoms with Gasteiger partial charge in [-0.15, -0.1) is 12.4 Å². The summed E-state index contributed by atoms with van der Waals surface area (Å²) >= 11 is 0. The summed E-state index contributed by atoms with van der Waals surface area (Å²) in [6.07, 6.45) is 0. The van der Waals surface area contributed by atoms with Crippen LogP contribution in [0.4, 0.5) is 0 Å². The molecule has 8 heteroatoms. The van der Waals surface area contributed by atoms with E-state index in [0.29, 0.717) is 24.6 Å². The van der Waals surface area contributed by atoms with Gasteiger partial charge in [0.2, 0.25) is 10.0 Å². The Morgan fingerprint density at radius 3 is 1.92 bits per heavy atom. The van der Waals surface area contributed by atoms with Crippen LogP contribution in [0.3, 0.4) is 0 Å². The zero-order valence-corrected chi connectivity index (χ0v) is 15.8. The summed E-state index contributed by atoms with van der Waals surface area (Å²) in [4.78, 5) is 0.209. The molecule has 0 amide bonds. The molecule has 0 heterocycles. The molecule has 0 aliphatic heterocycles. The summed E-state index contributed by atoms with van der Waals surface area (Å²) in [5.74, 6) is 1.95. The van der Waals surface area contributed by atoms with Crippen LogP contribution in [0.25, 0.3) is 0 Å². The number of hydrogen-bond donors (Lipinski definition) is 2. The fourth-order valence-corrected chi connectivity index (χ4v) is 3.03. The molecule has 0 unspecified atom stereocenters. The van der Waals surface area contributed by atoms with Gasteiger partial charge in [-0.2, -0.15) is 0 Å². The zero-order valence-electron chi connectivity index (χ0n) is 14.2. The molecule has 138 valence electrons. The third-order valence-corrected chi connectivity index (χ3v) is 4.75. The molecule has 0 aromatic heterocycles. The predicted molar refractivity (Wildman–Crippen MR) is 100 cm³/mol. The van der Waals surface area contributed by atoms with Crippen molar-refractivity contribution >= 4 is 22.4 Å². The normalized spacial score (nSPS) is 10.8. The van der Waals surface area contributed by atoms with Gasteiger partial charge in [0.1, 0.15) is 17.2 Å². The van der Waals surface area contributed by atoms with E-state index in [1.807, 2.05) is 6.92 Å². The second-order valence-corrected chi connectivity index (χ2v) is 6.77. The van der Waals surface area contributed by atoms with Crippen LogP contribution in [-0.2, 0) is 10.0 Å². The Labute approximate surface area is 155 Å². The van der Waals surface area contributed by atoms with E-state index in [-0.39, 0.29) is 17.3 Å². The number of halogens is 1.